The molecule has 0 fully saturated rings. The van der Waals surface area contributed by atoms with E-state index in [1.165, 1.54) is 5.56 Å². The lowest BCUT2D eigenvalue weighted by Crippen LogP contribution is -2.25. The van der Waals surface area contributed by atoms with E-state index in [1.807, 2.05) is 24.3 Å². The zero-order valence-corrected chi connectivity index (χ0v) is 17.4. The maximum Gasteiger partial charge on any atom is 0.233 e. The van der Waals surface area contributed by atoms with E-state index < -0.39 is 0 Å². The number of nitrogens with one attached hydrogen (secondary N) is 2. The Balaban J connectivity index is 1.98. The summed E-state index contributed by atoms with van der Waals surface area (Å²) in [4.78, 5) is 15.9. The molecule has 3 aromatic rings. The minimum atomic E-state index is 0.465. The third kappa shape index (κ3) is 4.89. The summed E-state index contributed by atoms with van der Waals surface area (Å²) >= 11 is 6.09. The molecule has 2 aromatic carbocycles. The van der Waals surface area contributed by atoms with Gasteiger partial charge in [0.1, 0.15) is 0 Å². The number of aromatic nitrogens is 3. The van der Waals surface area contributed by atoms with E-state index in [9.17, 15) is 0 Å². The molecule has 0 spiro atoms. The first kappa shape index (κ1) is 19.9. The average molecular weight is 397 g/mol. The van der Waals surface area contributed by atoms with Crippen LogP contribution in [0.1, 0.15) is 25.0 Å². The van der Waals surface area contributed by atoms with Crippen molar-refractivity contribution in [2.45, 2.75) is 27.7 Å². The fourth-order valence-corrected chi connectivity index (χ4v) is 3.00. The van der Waals surface area contributed by atoms with Gasteiger partial charge in [0.2, 0.25) is 17.8 Å². The second-order valence-corrected chi connectivity index (χ2v) is 6.97. The zero-order chi connectivity index (χ0) is 20.1. The molecule has 6 nitrogen and oxygen atoms in total. The average Bonchev–Trinajstić information content (AvgIpc) is 2.66. The zero-order valence-electron chi connectivity index (χ0n) is 16.6. The van der Waals surface area contributed by atoms with Gasteiger partial charge in [0.25, 0.3) is 0 Å². The van der Waals surface area contributed by atoms with E-state index in [0.717, 1.165) is 30.0 Å². The predicted octanol–water partition coefficient (Wildman–Crippen LogP) is 5.48. The number of halogens is 1. The molecule has 2 N–H and O–H groups in total. The first-order valence-electron chi connectivity index (χ1n) is 9.36. The normalized spacial score (nSPS) is 10.6. The van der Waals surface area contributed by atoms with Crippen molar-refractivity contribution in [3.63, 3.8) is 0 Å². The lowest BCUT2D eigenvalue weighted by Gasteiger charge is -2.20. The Hall–Kier alpha value is -2.86. The van der Waals surface area contributed by atoms with Crippen molar-refractivity contribution in [2.75, 3.05) is 28.6 Å². The summed E-state index contributed by atoms with van der Waals surface area (Å²) in [7, 11) is 0. The highest BCUT2D eigenvalue weighted by Gasteiger charge is 2.12. The Morgan fingerprint density at radius 3 is 2.29 bits per heavy atom. The van der Waals surface area contributed by atoms with Crippen LogP contribution in [0.3, 0.4) is 0 Å². The van der Waals surface area contributed by atoms with E-state index in [-0.39, 0.29) is 0 Å². The molecule has 0 atom stereocenters. The van der Waals surface area contributed by atoms with E-state index in [1.54, 1.807) is 0 Å². The smallest absolute Gasteiger partial charge is 0.233 e. The van der Waals surface area contributed by atoms with Crippen LogP contribution in [0, 0.1) is 13.8 Å². The maximum atomic E-state index is 6.09. The lowest BCUT2D eigenvalue weighted by atomic mass is 10.1. The van der Waals surface area contributed by atoms with Gasteiger partial charge in [0, 0.05) is 29.5 Å². The number of hydrogen-bond acceptors (Lipinski definition) is 6. The molecule has 0 aliphatic carbocycles. The minimum Gasteiger partial charge on any atom is -0.341 e. The highest BCUT2D eigenvalue weighted by molar-refractivity contribution is 6.30. The van der Waals surface area contributed by atoms with Crippen LogP contribution in [0.4, 0.5) is 29.2 Å². The number of benzene rings is 2. The number of rotatable bonds is 7. The quantitative estimate of drug-likeness (QED) is 0.551. The summed E-state index contributed by atoms with van der Waals surface area (Å²) in [6.45, 7) is 9.88. The minimum absolute atomic E-state index is 0.465. The molecule has 0 aliphatic heterocycles. The highest BCUT2D eigenvalue weighted by atomic mass is 35.5. The van der Waals surface area contributed by atoms with Crippen LogP contribution >= 0.6 is 11.6 Å². The Kier molecular flexibility index (Phi) is 6.31. The molecule has 1 aromatic heterocycles. The molecule has 0 unspecified atom stereocenters. The Morgan fingerprint density at radius 1 is 0.893 bits per heavy atom. The van der Waals surface area contributed by atoms with Gasteiger partial charge >= 0.3 is 0 Å². The molecule has 3 rings (SSSR count). The fraction of sp³-hybridized carbons (Fsp3) is 0.286. The molecule has 0 radical (unpaired) electrons. The van der Waals surface area contributed by atoms with Crippen molar-refractivity contribution in [3.05, 3.63) is 58.6 Å². The van der Waals surface area contributed by atoms with Gasteiger partial charge in [-0.15, -0.1) is 0 Å². The second-order valence-electron chi connectivity index (χ2n) is 6.53. The topological polar surface area (TPSA) is 66.0 Å². The van der Waals surface area contributed by atoms with Gasteiger partial charge < -0.3 is 15.5 Å². The second kappa shape index (κ2) is 8.89. The largest absolute Gasteiger partial charge is 0.341 e. The first-order chi connectivity index (χ1) is 13.5. The van der Waals surface area contributed by atoms with Crippen LogP contribution < -0.4 is 15.5 Å². The highest BCUT2D eigenvalue weighted by Crippen LogP contribution is 2.24. The van der Waals surface area contributed by atoms with Crippen LogP contribution in [-0.2, 0) is 0 Å². The predicted molar refractivity (Wildman–Crippen MR) is 117 cm³/mol. The maximum absolute atomic E-state index is 6.09. The number of nitrogens with zero attached hydrogens (tertiary/aromatic N) is 4. The molecule has 7 heteroatoms. The van der Waals surface area contributed by atoms with E-state index >= 15 is 0 Å². The fourth-order valence-electron chi connectivity index (χ4n) is 2.81. The molecule has 0 aliphatic rings. The first-order valence-corrected chi connectivity index (χ1v) is 9.74. The summed E-state index contributed by atoms with van der Waals surface area (Å²) in [5, 5.41) is 7.22. The van der Waals surface area contributed by atoms with Crippen LogP contribution in [0.2, 0.25) is 5.02 Å². The summed E-state index contributed by atoms with van der Waals surface area (Å²) in [6, 6.07) is 13.7. The number of hydrogen-bond donors (Lipinski definition) is 2. The molecular weight excluding hydrogens is 372 g/mol. The lowest BCUT2D eigenvalue weighted by molar-refractivity contribution is 0.815. The van der Waals surface area contributed by atoms with E-state index in [2.05, 4.69) is 76.4 Å². The summed E-state index contributed by atoms with van der Waals surface area (Å²) in [5.74, 6) is 1.58. The molecule has 28 heavy (non-hydrogen) atoms. The Labute approximate surface area is 171 Å². The monoisotopic (exact) mass is 396 g/mol. The molecule has 0 amide bonds. The van der Waals surface area contributed by atoms with Crippen molar-refractivity contribution < 1.29 is 0 Å². The van der Waals surface area contributed by atoms with Crippen LogP contribution in [0.15, 0.2) is 42.5 Å². The van der Waals surface area contributed by atoms with E-state index in [4.69, 9.17) is 11.6 Å². The summed E-state index contributed by atoms with van der Waals surface area (Å²) in [6.07, 6.45) is 0. The third-order valence-electron chi connectivity index (χ3n) is 4.39. The SMILES string of the molecule is CCN(CC)c1nc(Nc2cccc(Cl)c2)nc(Nc2cc(C)ccc2C)n1. The Bertz CT molecular complexity index is 955. The van der Waals surface area contributed by atoms with Crippen molar-refractivity contribution in [3.8, 4) is 0 Å². The van der Waals surface area contributed by atoms with Crippen molar-refractivity contribution in [1.82, 2.24) is 15.0 Å². The van der Waals surface area contributed by atoms with E-state index in [0.29, 0.717) is 22.9 Å². The molecule has 1 heterocycles. The van der Waals surface area contributed by atoms with Gasteiger partial charge in [-0.3, -0.25) is 0 Å². The van der Waals surface area contributed by atoms with Gasteiger partial charge in [-0.25, -0.2) is 0 Å². The summed E-state index contributed by atoms with van der Waals surface area (Å²) in [5.41, 5.74) is 4.09. The summed E-state index contributed by atoms with van der Waals surface area (Å²) < 4.78 is 0. The number of aryl methyl sites for hydroxylation is 2. The number of anilines is 5. The Morgan fingerprint density at radius 2 is 1.61 bits per heavy atom. The van der Waals surface area contributed by atoms with Gasteiger partial charge in [0.15, 0.2) is 0 Å². The molecule has 0 bridgehead atoms. The molecule has 146 valence electrons. The van der Waals surface area contributed by atoms with Gasteiger partial charge in [-0.2, -0.15) is 15.0 Å². The van der Waals surface area contributed by atoms with Crippen molar-refractivity contribution >= 4 is 40.8 Å². The van der Waals surface area contributed by atoms with Crippen molar-refractivity contribution in [2.24, 2.45) is 0 Å². The standard InChI is InChI=1S/C21H25ClN6/c1-5-28(6-2)21-26-19(23-17-9-7-8-16(22)13-17)25-20(27-21)24-18-12-14(3)10-11-15(18)4/h7-13H,5-6H2,1-4H3,(H2,23,24,25,26,27). The van der Waals surface area contributed by atoms with Crippen LogP contribution in [0.5, 0.6) is 0 Å². The molecule has 0 saturated carbocycles. The van der Waals surface area contributed by atoms with Crippen LogP contribution in [-0.4, -0.2) is 28.0 Å². The molecular formula is C21H25ClN6. The van der Waals surface area contributed by atoms with Crippen LogP contribution in [0.25, 0.3) is 0 Å². The van der Waals surface area contributed by atoms with Crippen molar-refractivity contribution in [1.29, 1.82) is 0 Å². The van der Waals surface area contributed by atoms with Gasteiger partial charge in [0.05, 0.1) is 0 Å². The third-order valence-corrected chi connectivity index (χ3v) is 4.63. The van der Waals surface area contributed by atoms with Gasteiger partial charge in [-0.1, -0.05) is 29.8 Å². The van der Waals surface area contributed by atoms with Gasteiger partial charge in [-0.05, 0) is 63.1 Å². The molecule has 0 saturated heterocycles.